The maximum atomic E-state index is 5.36. The molecule has 1 aromatic carbocycles. The zero-order valence-corrected chi connectivity index (χ0v) is 16.8. The Bertz CT molecular complexity index is 824. The molecule has 0 saturated carbocycles. The number of anilines is 1. The maximum absolute atomic E-state index is 5.36. The van der Waals surface area contributed by atoms with E-state index in [1.165, 1.54) is 5.69 Å². The fourth-order valence-corrected chi connectivity index (χ4v) is 3.88. The molecule has 2 aliphatic heterocycles. The molecule has 150 valence electrons. The third kappa shape index (κ3) is 3.90. The van der Waals surface area contributed by atoms with Crippen molar-refractivity contribution in [2.75, 3.05) is 44.7 Å². The van der Waals surface area contributed by atoms with Crippen molar-refractivity contribution < 1.29 is 4.74 Å². The summed E-state index contributed by atoms with van der Waals surface area (Å²) in [5.41, 5.74) is 1.21. The number of benzene rings is 1. The summed E-state index contributed by atoms with van der Waals surface area (Å²) in [7, 11) is 1.71. The van der Waals surface area contributed by atoms with Crippen molar-refractivity contribution in [2.24, 2.45) is 4.99 Å². The van der Waals surface area contributed by atoms with Gasteiger partial charge in [-0.3, -0.25) is 0 Å². The number of hydrogen-bond acceptors (Lipinski definition) is 5. The van der Waals surface area contributed by atoms with Gasteiger partial charge in [-0.2, -0.15) is 0 Å². The van der Waals surface area contributed by atoms with Gasteiger partial charge in [0.05, 0.1) is 7.11 Å². The highest BCUT2D eigenvalue weighted by molar-refractivity contribution is 5.80. The summed E-state index contributed by atoms with van der Waals surface area (Å²) in [6, 6.07) is 8.27. The summed E-state index contributed by atoms with van der Waals surface area (Å²) >= 11 is 0. The number of aromatic nitrogens is 3. The van der Waals surface area contributed by atoms with Crippen LogP contribution in [-0.4, -0.2) is 65.5 Å². The van der Waals surface area contributed by atoms with Gasteiger partial charge in [0.15, 0.2) is 11.8 Å². The SMILES string of the molecule is CCNC(=NCc1nnc2n1CCC2)N1CCN(c2cccc(OC)c2)CC1. The van der Waals surface area contributed by atoms with E-state index in [0.29, 0.717) is 6.54 Å². The lowest BCUT2D eigenvalue weighted by molar-refractivity contribution is 0.371. The minimum absolute atomic E-state index is 0.575. The number of guanidine groups is 1. The van der Waals surface area contributed by atoms with Crippen LogP contribution in [0.3, 0.4) is 0 Å². The van der Waals surface area contributed by atoms with E-state index in [-0.39, 0.29) is 0 Å². The Morgan fingerprint density at radius 3 is 2.82 bits per heavy atom. The van der Waals surface area contributed by atoms with Gasteiger partial charge in [-0.1, -0.05) is 6.07 Å². The normalized spacial score (nSPS) is 17.0. The maximum Gasteiger partial charge on any atom is 0.194 e. The van der Waals surface area contributed by atoms with E-state index in [9.17, 15) is 0 Å². The Morgan fingerprint density at radius 2 is 2.04 bits per heavy atom. The molecule has 0 bridgehead atoms. The molecule has 1 aromatic heterocycles. The topological polar surface area (TPSA) is 70.8 Å². The highest BCUT2D eigenvalue weighted by Crippen LogP contribution is 2.22. The average Bonchev–Trinajstić information content (AvgIpc) is 3.36. The fraction of sp³-hybridized carbons (Fsp3) is 0.550. The van der Waals surface area contributed by atoms with E-state index in [4.69, 9.17) is 9.73 Å². The molecule has 0 spiro atoms. The van der Waals surface area contributed by atoms with E-state index in [1.807, 2.05) is 12.1 Å². The molecule has 28 heavy (non-hydrogen) atoms. The number of rotatable bonds is 5. The summed E-state index contributed by atoms with van der Waals surface area (Å²) in [6.07, 6.45) is 2.19. The minimum Gasteiger partial charge on any atom is -0.497 e. The minimum atomic E-state index is 0.575. The van der Waals surface area contributed by atoms with E-state index in [0.717, 1.165) is 75.5 Å². The first-order valence-corrected chi connectivity index (χ1v) is 10.1. The first-order chi connectivity index (χ1) is 13.8. The molecule has 3 heterocycles. The average molecular weight is 384 g/mol. The van der Waals surface area contributed by atoms with Gasteiger partial charge in [0.2, 0.25) is 0 Å². The summed E-state index contributed by atoms with van der Waals surface area (Å²) < 4.78 is 7.57. The van der Waals surface area contributed by atoms with Crippen molar-refractivity contribution in [1.29, 1.82) is 0 Å². The molecule has 0 radical (unpaired) electrons. The van der Waals surface area contributed by atoms with Gasteiger partial charge in [0.1, 0.15) is 18.1 Å². The lowest BCUT2D eigenvalue weighted by Gasteiger charge is -2.37. The molecule has 0 atom stereocenters. The number of piperazine rings is 1. The Morgan fingerprint density at radius 1 is 1.18 bits per heavy atom. The van der Waals surface area contributed by atoms with Crippen LogP contribution in [0.1, 0.15) is 25.0 Å². The lowest BCUT2D eigenvalue weighted by Crippen LogP contribution is -2.52. The van der Waals surface area contributed by atoms with E-state index >= 15 is 0 Å². The summed E-state index contributed by atoms with van der Waals surface area (Å²) in [6.45, 7) is 8.33. The van der Waals surface area contributed by atoms with Gasteiger partial charge in [-0.25, -0.2) is 4.99 Å². The standard InChI is InChI=1S/C20H29N7O/c1-3-21-20(22-15-19-24-23-18-8-5-9-27(18)19)26-12-10-25(11-13-26)16-6-4-7-17(14-16)28-2/h4,6-7,14H,3,5,8-13,15H2,1-2H3,(H,21,22). The van der Waals surface area contributed by atoms with E-state index < -0.39 is 0 Å². The number of ether oxygens (including phenoxy) is 1. The van der Waals surface area contributed by atoms with Crippen LogP contribution in [-0.2, 0) is 19.5 Å². The van der Waals surface area contributed by atoms with Crippen molar-refractivity contribution in [3.63, 3.8) is 0 Å². The van der Waals surface area contributed by atoms with Crippen molar-refractivity contribution in [1.82, 2.24) is 25.0 Å². The number of aliphatic imine (C=N–C) groups is 1. The third-order valence-corrected chi connectivity index (χ3v) is 5.39. The van der Waals surface area contributed by atoms with Gasteiger partial charge in [0.25, 0.3) is 0 Å². The molecule has 1 N–H and O–H groups in total. The van der Waals surface area contributed by atoms with Crippen LogP contribution < -0.4 is 15.0 Å². The number of nitrogens with one attached hydrogen (secondary N) is 1. The number of methoxy groups -OCH3 is 1. The molecule has 4 rings (SSSR count). The van der Waals surface area contributed by atoms with Crippen molar-refractivity contribution in [3.05, 3.63) is 35.9 Å². The molecule has 2 aromatic rings. The van der Waals surface area contributed by atoms with Crippen LogP contribution in [0.25, 0.3) is 0 Å². The second-order valence-corrected chi connectivity index (χ2v) is 7.13. The molecule has 0 amide bonds. The monoisotopic (exact) mass is 383 g/mol. The van der Waals surface area contributed by atoms with Crippen molar-refractivity contribution >= 4 is 11.6 Å². The first-order valence-electron chi connectivity index (χ1n) is 10.1. The smallest absolute Gasteiger partial charge is 0.194 e. The molecule has 0 aliphatic carbocycles. The zero-order valence-electron chi connectivity index (χ0n) is 16.8. The molecule has 8 heteroatoms. The summed E-state index contributed by atoms with van der Waals surface area (Å²) in [4.78, 5) is 9.58. The quantitative estimate of drug-likeness (QED) is 0.624. The van der Waals surface area contributed by atoms with Crippen LogP contribution in [0.2, 0.25) is 0 Å². The Balaban J connectivity index is 1.40. The Labute approximate surface area is 166 Å². The summed E-state index contributed by atoms with van der Waals surface area (Å²) in [5.74, 6) is 3.93. The van der Waals surface area contributed by atoms with Gasteiger partial charge in [-0.05, 0) is 25.5 Å². The number of fused-ring (bicyclic) bond motifs is 1. The van der Waals surface area contributed by atoms with Crippen LogP contribution in [0, 0.1) is 0 Å². The van der Waals surface area contributed by atoms with Gasteiger partial charge in [0, 0.05) is 57.4 Å². The van der Waals surface area contributed by atoms with Crippen LogP contribution in [0.5, 0.6) is 5.75 Å². The largest absolute Gasteiger partial charge is 0.497 e. The molecular weight excluding hydrogens is 354 g/mol. The van der Waals surface area contributed by atoms with Gasteiger partial charge in [-0.15, -0.1) is 10.2 Å². The van der Waals surface area contributed by atoms with Crippen LogP contribution in [0.4, 0.5) is 5.69 Å². The number of nitrogens with zero attached hydrogens (tertiary/aromatic N) is 6. The van der Waals surface area contributed by atoms with Crippen LogP contribution in [0.15, 0.2) is 29.3 Å². The highest BCUT2D eigenvalue weighted by Gasteiger charge is 2.21. The Kier molecular flexibility index (Phi) is 5.64. The first kappa shape index (κ1) is 18.6. The molecule has 8 nitrogen and oxygen atoms in total. The van der Waals surface area contributed by atoms with Crippen molar-refractivity contribution in [2.45, 2.75) is 32.9 Å². The van der Waals surface area contributed by atoms with Gasteiger partial charge < -0.3 is 24.4 Å². The van der Waals surface area contributed by atoms with E-state index in [1.54, 1.807) is 7.11 Å². The highest BCUT2D eigenvalue weighted by atomic mass is 16.5. The molecule has 1 saturated heterocycles. The lowest BCUT2D eigenvalue weighted by atomic mass is 10.2. The number of aryl methyl sites for hydroxylation is 1. The second-order valence-electron chi connectivity index (χ2n) is 7.13. The predicted octanol–water partition coefficient (Wildman–Crippen LogP) is 1.52. The molecule has 0 unspecified atom stereocenters. The number of hydrogen-bond donors (Lipinski definition) is 1. The second kappa shape index (κ2) is 8.50. The van der Waals surface area contributed by atoms with Crippen molar-refractivity contribution in [3.8, 4) is 5.75 Å². The molecule has 1 fully saturated rings. The molecular formula is C20H29N7O. The Hall–Kier alpha value is -2.77. The fourth-order valence-electron chi connectivity index (χ4n) is 3.88. The van der Waals surface area contributed by atoms with Gasteiger partial charge >= 0.3 is 0 Å². The van der Waals surface area contributed by atoms with Crippen LogP contribution >= 0.6 is 0 Å². The summed E-state index contributed by atoms with van der Waals surface area (Å²) in [5, 5.41) is 12.0. The predicted molar refractivity (Wildman–Crippen MR) is 110 cm³/mol. The third-order valence-electron chi connectivity index (χ3n) is 5.39. The zero-order chi connectivity index (χ0) is 19.3. The van der Waals surface area contributed by atoms with E-state index in [2.05, 4.69) is 48.9 Å². The molecule has 2 aliphatic rings.